The predicted octanol–water partition coefficient (Wildman–Crippen LogP) is 1.61. The molecule has 0 saturated heterocycles. The van der Waals surface area contributed by atoms with Crippen LogP contribution < -0.4 is 3.58 Å². The summed E-state index contributed by atoms with van der Waals surface area (Å²) < 4.78 is 1.50. The van der Waals surface area contributed by atoms with E-state index in [4.69, 9.17) is 0 Å². The number of para-hydroxylation sites is 1. The average molecular weight is 262 g/mol. The van der Waals surface area contributed by atoms with Crippen LogP contribution in [0.5, 0.6) is 0 Å². The maximum absolute atomic E-state index is 4.39. The summed E-state index contributed by atoms with van der Waals surface area (Å²) in [5.74, 6) is 0. The van der Waals surface area contributed by atoms with Gasteiger partial charge in [0.25, 0.3) is 0 Å². The second kappa shape index (κ2) is 3.44. The number of rotatable bonds is 1. The molecule has 0 bridgehead atoms. The van der Waals surface area contributed by atoms with Gasteiger partial charge >= 0.3 is 82.1 Å². The zero-order chi connectivity index (χ0) is 8.39. The molecule has 1 aromatic carbocycles. The molecule has 0 unspecified atom stereocenters. The average Bonchev–Trinajstić information content (AvgIpc) is 2.17. The van der Waals surface area contributed by atoms with Crippen molar-refractivity contribution < 1.29 is 0 Å². The summed E-state index contributed by atoms with van der Waals surface area (Å²) >= 11 is -0.349. The van der Waals surface area contributed by atoms with Crippen molar-refractivity contribution in [1.82, 2.24) is 4.98 Å². The Morgan fingerprint density at radius 2 is 2.00 bits per heavy atom. The number of fused-ring (bicyclic) bond motifs is 1. The normalized spacial score (nSPS) is 10.4. The fourth-order valence-corrected chi connectivity index (χ4v) is 3.33. The van der Waals surface area contributed by atoms with Gasteiger partial charge in [0.2, 0.25) is 0 Å². The molecule has 0 fully saturated rings. The molecule has 2 aromatic rings. The van der Waals surface area contributed by atoms with E-state index in [0.29, 0.717) is 0 Å². The van der Waals surface area contributed by atoms with Crippen molar-refractivity contribution in [2.75, 3.05) is 0 Å². The van der Waals surface area contributed by atoms with E-state index in [-0.39, 0.29) is 21.1 Å². The van der Waals surface area contributed by atoms with Crippen LogP contribution in [-0.2, 0) is 0 Å². The van der Waals surface area contributed by atoms with Crippen LogP contribution >= 0.6 is 0 Å². The van der Waals surface area contributed by atoms with Gasteiger partial charge in [-0.15, -0.1) is 0 Å². The van der Waals surface area contributed by atoms with Crippen LogP contribution in [0.1, 0.15) is 0 Å². The van der Waals surface area contributed by atoms with Crippen LogP contribution in [0.15, 0.2) is 36.5 Å². The third kappa shape index (κ3) is 1.33. The molecule has 2 radical (unpaired) electrons. The molecule has 0 amide bonds. The number of pyridine rings is 1. The third-order valence-electron chi connectivity index (χ3n) is 1.90. The van der Waals surface area contributed by atoms with Crippen LogP contribution in [0, 0.1) is 0 Å². The van der Waals surface area contributed by atoms with Gasteiger partial charge in [-0.1, -0.05) is 0 Å². The van der Waals surface area contributed by atoms with Crippen LogP contribution in [0.3, 0.4) is 0 Å². The van der Waals surface area contributed by atoms with Gasteiger partial charge in [0, 0.05) is 0 Å². The van der Waals surface area contributed by atoms with Crippen LogP contribution in [-0.4, -0.2) is 26.1 Å². The van der Waals surface area contributed by atoms with Gasteiger partial charge in [-0.3, -0.25) is 0 Å². The number of hydrogen-bond donors (Lipinski definition) is 0. The first-order valence-corrected chi connectivity index (χ1v) is 8.21. The Morgan fingerprint density at radius 1 is 1.17 bits per heavy atom. The van der Waals surface area contributed by atoms with E-state index >= 15 is 0 Å². The zero-order valence-corrected chi connectivity index (χ0v) is 9.77. The van der Waals surface area contributed by atoms with Gasteiger partial charge in [0.15, 0.2) is 0 Å². The first kappa shape index (κ1) is 8.05. The molecule has 0 atom stereocenters. The van der Waals surface area contributed by atoms with Crippen molar-refractivity contribution in [2.45, 2.75) is 4.94 Å². The second-order valence-electron chi connectivity index (χ2n) is 2.63. The van der Waals surface area contributed by atoms with Crippen molar-refractivity contribution in [3.63, 3.8) is 0 Å². The number of aromatic nitrogens is 1. The minimum atomic E-state index is -0.349. The fraction of sp³-hybridized carbons (Fsp3) is 0.100. The SMILES string of the molecule is [CH3][Sn][c]1cccc2cccnc12. The van der Waals surface area contributed by atoms with E-state index in [1.54, 1.807) is 0 Å². The van der Waals surface area contributed by atoms with Gasteiger partial charge in [-0.05, 0) is 0 Å². The maximum atomic E-state index is 4.39. The van der Waals surface area contributed by atoms with E-state index in [1.807, 2.05) is 12.3 Å². The monoisotopic (exact) mass is 263 g/mol. The molecule has 2 rings (SSSR count). The standard InChI is InChI=1S/C9H6N.CH3.Sn/c1-2-6-9-8(4-1)5-3-7-10-9;;/h1-5,7H;1H3;. The van der Waals surface area contributed by atoms with Gasteiger partial charge in [0.05, 0.1) is 0 Å². The Balaban J connectivity index is 2.79. The first-order chi connectivity index (χ1) is 5.92. The molecule has 0 aliphatic heterocycles. The van der Waals surface area contributed by atoms with Gasteiger partial charge in [-0.2, -0.15) is 0 Å². The summed E-state index contributed by atoms with van der Waals surface area (Å²) in [6.07, 6.45) is 1.88. The van der Waals surface area contributed by atoms with Gasteiger partial charge < -0.3 is 0 Å². The summed E-state index contributed by atoms with van der Waals surface area (Å²) in [6.45, 7) is 0. The van der Waals surface area contributed by atoms with Crippen molar-refractivity contribution in [1.29, 1.82) is 0 Å². The molecule has 2 heteroatoms. The van der Waals surface area contributed by atoms with Gasteiger partial charge in [0.1, 0.15) is 0 Å². The topological polar surface area (TPSA) is 12.9 Å². The summed E-state index contributed by atoms with van der Waals surface area (Å²) in [5.41, 5.74) is 1.22. The number of hydrogen-bond acceptors (Lipinski definition) is 1. The molecular weight excluding hydrogens is 253 g/mol. The Hall–Kier alpha value is -0.571. The van der Waals surface area contributed by atoms with Crippen molar-refractivity contribution in [2.24, 2.45) is 0 Å². The summed E-state index contributed by atoms with van der Waals surface area (Å²) in [4.78, 5) is 6.72. The Morgan fingerprint density at radius 3 is 2.83 bits per heavy atom. The molecule has 1 heterocycles. The van der Waals surface area contributed by atoms with E-state index < -0.39 is 0 Å². The van der Waals surface area contributed by atoms with E-state index in [9.17, 15) is 0 Å². The quantitative estimate of drug-likeness (QED) is 0.711. The van der Waals surface area contributed by atoms with E-state index in [0.717, 1.165) is 0 Å². The first-order valence-electron chi connectivity index (χ1n) is 3.93. The molecule has 0 spiro atoms. The van der Waals surface area contributed by atoms with Crippen LogP contribution in [0.4, 0.5) is 0 Å². The van der Waals surface area contributed by atoms with E-state index in [2.05, 4.69) is 34.2 Å². The molecule has 0 saturated carbocycles. The number of benzene rings is 1. The summed E-state index contributed by atoms with van der Waals surface area (Å²) in [6, 6.07) is 10.6. The fourth-order valence-electron chi connectivity index (χ4n) is 1.31. The number of nitrogens with zero attached hydrogens (tertiary/aromatic N) is 1. The van der Waals surface area contributed by atoms with Crippen molar-refractivity contribution in [3.8, 4) is 0 Å². The molecule has 0 N–H and O–H groups in total. The molecule has 12 heavy (non-hydrogen) atoms. The second-order valence-corrected chi connectivity index (χ2v) is 5.60. The van der Waals surface area contributed by atoms with Crippen molar-refractivity contribution >= 4 is 35.6 Å². The Kier molecular flexibility index (Phi) is 2.30. The zero-order valence-electron chi connectivity index (χ0n) is 6.91. The molecule has 0 aliphatic rings. The summed E-state index contributed by atoms with van der Waals surface area (Å²) in [7, 11) is 0. The molecule has 1 nitrogen and oxygen atoms in total. The Bertz CT molecular complexity index is 392. The molecule has 1 aromatic heterocycles. The van der Waals surface area contributed by atoms with Crippen molar-refractivity contribution in [3.05, 3.63) is 36.5 Å². The molecule has 0 aliphatic carbocycles. The van der Waals surface area contributed by atoms with Gasteiger partial charge in [-0.25, -0.2) is 0 Å². The third-order valence-corrected chi connectivity index (χ3v) is 4.59. The summed E-state index contributed by atoms with van der Waals surface area (Å²) in [5, 5.41) is 1.28. The molecule has 58 valence electrons. The van der Waals surface area contributed by atoms with Crippen LogP contribution in [0.25, 0.3) is 10.9 Å². The van der Waals surface area contributed by atoms with Crippen LogP contribution in [0.2, 0.25) is 4.94 Å². The molecular formula is C10H9NSn. The minimum absolute atomic E-state index is 0.349. The Labute approximate surface area is 82.0 Å². The predicted molar refractivity (Wildman–Crippen MR) is 53.0 cm³/mol. The van der Waals surface area contributed by atoms with E-state index in [1.165, 1.54) is 14.5 Å².